The van der Waals surface area contributed by atoms with Crippen LogP contribution in [-0.2, 0) is 25.7 Å². The van der Waals surface area contributed by atoms with Gasteiger partial charge in [0.15, 0.2) is 0 Å². The Morgan fingerprint density at radius 1 is 1.22 bits per heavy atom. The van der Waals surface area contributed by atoms with Crippen molar-refractivity contribution in [3.05, 3.63) is 42.1 Å². The molecule has 0 aliphatic heterocycles. The molecule has 2 rings (SSSR count). The molecule has 0 radical (unpaired) electrons. The highest BCUT2D eigenvalue weighted by molar-refractivity contribution is 5.91. The van der Waals surface area contributed by atoms with Crippen LogP contribution in [0.25, 0.3) is 10.9 Å². The Bertz CT molecular complexity index is 821. The summed E-state index contributed by atoms with van der Waals surface area (Å²) in [5, 5.41) is 14.8. The molecule has 0 aliphatic carbocycles. The minimum atomic E-state index is -1.25. The molecule has 9 nitrogen and oxygen atoms in total. The van der Waals surface area contributed by atoms with Crippen molar-refractivity contribution in [1.29, 1.82) is 0 Å². The molecular formula is C18H22N4O5. The fourth-order valence-electron chi connectivity index (χ4n) is 2.52. The van der Waals surface area contributed by atoms with Gasteiger partial charge < -0.3 is 26.2 Å². The van der Waals surface area contributed by atoms with Crippen molar-refractivity contribution in [1.82, 2.24) is 15.6 Å². The summed E-state index contributed by atoms with van der Waals surface area (Å²) >= 11 is 0. The number of methoxy groups -OCH3 is 1. The van der Waals surface area contributed by atoms with Crippen molar-refractivity contribution < 1.29 is 24.2 Å². The average Bonchev–Trinajstić information content (AvgIpc) is 2.65. The fourth-order valence-corrected chi connectivity index (χ4v) is 2.52. The number of carboxylic acid groups (broad SMARTS) is 1. The minimum Gasteiger partial charge on any atom is -0.481 e. The van der Waals surface area contributed by atoms with Crippen LogP contribution in [0.5, 0.6) is 0 Å². The third-order valence-electron chi connectivity index (χ3n) is 3.87. The lowest BCUT2D eigenvalue weighted by atomic mass is 10.1. The summed E-state index contributed by atoms with van der Waals surface area (Å²) in [5.41, 5.74) is 7.12. The lowest BCUT2D eigenvalue weighted by Crippen LogP contribution is -2.53. The number of amides is 2. The Labute approximate surface area is 155 Å². The number of pyridine rings is 1. The number of hydrogen-bond donors (Lipinski definition) is 4. The Morgan fingerprint density at radius 3 is 2.67 bits per heavy atom. The van der Waals surface area contributed by atoms with Crippen LogP contribution < -0.4 is 16.4 Å². The number of para-hydroxylation sites is 1. The predicted octanol–water partition coefficient (Wildman–Crippen LogP) is -0.216. The average molecular weight is 374 g/mol. The largest absolute Gasteiger partial charge is 0.481 e. The third-order valence-corrected chi connectivity index (χ3v) is 3.87. The van der Waals surface area contributed by atoms with Crippen molar-refractivity contribution in [2.45, 2.75) is 25.0 Å². The number of fused-ring (bicyclic) bond motifs is 1. The molecular weight excluding hydrogens is 352 g/mol. The lowest BCUT2D eigenvalue weighted by molar-refractivity contribution is -0.139. The molecule has 0 fully saturated rings. The molecule has 0 spiro atoms. The lowest BCUT2D eigenvalue weighted by Gasteiger charge is -2.19. The molecule has 27 heavy (non-hydrogen) atoms. The number of aromatic nitrogens is 1. The summed E-state index contributed by atoms with van der Waals surface area (Å²) in [5.74, 6) is -2.41. The second-order valence-corrected chi connectivity index (χ2v) is 5.93. The molecule has 9 heteroatoms. The SMILES string of the molecule is COC[C@H](NC(=O)[C@@H](N)CC(=O)O)C(=O)NCc1cccc2cccnc12. The van der Waals surface area contributed by atoms with E-state index in [1.54, 1.807) is 6.20 Å². The van der Waals surface area contributed by atoms with Crippen LogP contribution >= 0.6 is 0 Å². The van der Waals surface area contributed by atoms with Crippen LogP contribution in [-0.4, -0.2) is 53.7 Å². The smallest absolute Gasteiger partial charge is 0.305 e. The molecule has 0 bridgehead atoms. The number of carbonyl (C=O) groups excluding carboxylic acids is 2. The Hall–Kier alpha value is -3.04. The van der Waals surface area contributed by atoms with Gasteiger partial charge in [0.2, 0.25) is 11.8 Å². The van der Waals surface area contributed by atoms with E-state index in [9.17, 15) is 14.4 Å². The monoisotopic (exact) mass is 374 g/mol. The Balaban J connectivity index is 2.02. The van der Waals surface area contributed by atoms with Gasteiger partial charge in [-0.25, -0.2) is 0 Å². The van der Waals surface area contributed by atoms with Crippen LogP contribution in [0.3, 0.4) is 0 Å². The van der Waals surface area contributed by atoms with E-state index >= 15 is 0 Å². The molecule has 1 aromatic carbocycles. The normalized spacial score (nSPS) is 13.0. The maximum atomic E-state index is 12.4. The number of nitrogens with one attached hydrogen (secondary N) is 2. The van der Waals surface area contributed by atoms with Crippen molar-refractivity contribution in [2.75, 3.05) is 13.7 Å². The zero-order valence-corrected chi connectivity index (χ0v) is 14.8. The van der Waals surface area contributed by atoms with Crippen LogP contribution in [0.15, 0.2) is 36.5 Å². The first-order valence-electron chi connectivity index (χ1n) is 8.29. The van der Waals surface area contributed by atoms with Gasteiger partial charge in [0.1, 0.15) is 6.04 Å². The molecule has 2 atom stereocenters. The second-order valence-electron chi connectivity index (χ2n) is 5.93. The number of benzene rings is 1. The van der Waals surface area contributed by atoms with Crippen molar-refractivity contribution in [2.24, 2.45) is 5.73 Å². The highest BCUT2D eigenvalue weighted by Gasteiger charge is 2.25. The fraction of sp³-hybridized carbons (Fsp3) is 0.333. The summed E-state index contributed by atoms with van der Waals surface area (Å²) in [7, 11) is 1.39. The van der Waals surface area contributed by atoms with Crippen LogP contribution in [0.4, 0.5) is 0 Å². The van der Waals surface area contributed by atoms with Gasteiger partial charge in [-0.05, 0) is 11.6 Å². The molecule has 1 aromatic heterocycles. The van der Waals surface area contributed by atoms with Crippen molar-refractivity contribution >= 4 is 28.7 Å². The summed E-state index contributed by atoms with van der Waals surface area (Å²) in [6, 6.07) is 7.14. The van der Waals surface area contributed by atoms with Crippen molar-refractivity contribution in [3.63, 3.8) is 0 Å². The van der Waals surface area contributed by atoms with Gasteiger partial charge in [0, 0.05) is 25.2 Å². The Kier molecular flexibility index (Phi) is 7.21. The number of aliphatic carboxylic acids is 1. The minimum absolute atomic E-state index is 0.0782. The van der Waals surface area contributed by atoms with Gasteiger partial charge in [-0.3, -0.25) is 19.4 Å². The number of nitrogens with zero attached hydrogens (tertiary/aromatic N) is 1. The van der Waals surface area contributed by atoms with Crippen molar-refractivity contribution in [3.8, 4) is 0 Å². The highest BCUT2D eigenvalue weighted by atomic mass is 16.5. The van der Waals surface area contributed by atoms with E-state index in [4.69, 9.17) is 15.6 Å². The summed E-state index contributed by atoms with van der Waals surface area (Å²) in [6.07, 6.45) is 1.14. The third kappa shape index (κ3) is 5.73. The van der Waals surface area contributed by atoms with E-state index in [2.05, 4.69) is 15.6 Å². The number of ether oxygens (including phenoxy) is 1. The summed E-state index contributed by atoms with van der Waals surface area (Å²) in [6.45, 7) is 0.135. The van der Waals surface area contributed by atoms with Gasteiger partial charge in [0.25, 0.3) is 0 Å². The second kappa shape index (κ2) is 9.60. The van der Waals surface area contributed by atoms with Gasteiger partial charge >= 0.3 is 5.97 Å². The van der Waals surface area contributed by atoms with E-state index in [0.29, 0.717) is 0 Å². The molecule has 0 aliphatic rings. The zero-order chi connectivity index (χ0) is 19.8. The number of carboxylic acids is 1. The molecule has 1 heterocycles. The van der Waals surface area contributed by atoms with Crippen LogP contribution in [0, 0.1) is 0 Å². The first kappa shape index (κ1) is 20.3. The summed E-state index contributed by atoms with van der Waals surface area (Å²) in [4.78, 5) is 39.4. The standard InChI is InChI=1S/C18H22N4O5/c1-27-10-14(22-17(25)13(19)8-15(23)24)18(26)21-9-12-5-2-4-11-6-3-7-20-16(11)12/h2-7,13-14H,8-10,19H2,1H3,(H,21,26)(H,22,25)(H,23,24)/t13-,14-/m0/s1. The molecule has 2 amide bonds. The van der Waals surface area contributed by atoms with E-state index in [1.807, 2.05) is 30.3 Å². The maximum absolute atomic E-state index is 12.4. The first-order valence-corrected chi connectivity index (χ1v) is 8.29. The number of nitrogens with two attached hydrogens (primary N) is 1. The molecule has 5 N–H and O–H groups in total. The maximum Gasteiger partial charge on any atom is 0.305 e. The number of carbonyl (C=O) groups is 3. The van der Waals surface area contributed by atoms with Crippen LogP contribution in [0.1, 0.15) is 12.0 Å². The quantitative estimate of drug-likeness (QED) is 0.475. The van der Waals surface area contributed by atoms with Gasteiger partial charge in [-0.2, -0.15) is 0 Å². The summed E-state index contributed by atoms with van der Waals surface area (Å²) < 4.78 is 4.96. The van der Waals surface area contributed by atoms with Crippen LogP contribution in [0.2, 0.25) is 0 Å². The molecule has 0 unspecified atom stereocenters. The molecule has 0 saturated heterocycles. The van der Waals surface area contributed by atoms with E-state index in [-0.39, 0.29) is 13.2 Å². The van der Waals surface area contributed by atoms with E-state index in [0.717, 1.165) is 16.5 Å². The molecule has 2 aromatic rings. The van der Waals surface area contributed by atoms with E-state index in [1.165, 1.54) is 7.11 Å². The van der Waals surface area contributed by atoms with E-state index < -0.39 is 36.3 Å². The molecule has 144 valence electrons. The number of hydrogen-bond acceptors (Lipinski definition) is 6. The van der Waals surface area contributed by atoms with Gasteiger partial charge in [-0.1, -0.05) is 24.3 Å². The Morgan fingerprint density at radius 2 is 1.96 bits per heavy atom. The predicted molar refractivity (Wildman–Crippen MR) is 97.6 cm³/mol. The number of rotatable bonds is 9. The zero-order valence-electron chi connectivity index (χ0n) is 14.8. The highest BCUT2D eigenvalue weighted by Crippen LogP contribution is 2.15. The topological polar surface area (TPSA) is 144 Å². The first-order chi connectivity index (χ1) is 12.9. The van der Waals surface area contributed by atoms with Gasteiger partial charge in [0.05, 0.1) is 24.6 Å². The molecule has 0 saturated carbocycles. The van der Waals surface area contributed by atoms with Gasteiger partial charge in [-0.15, -0.1) is 0 Å².